The molecule has 0 saturated carbocycles. The van der Waals surface area contributed by atoms with Gasteiger partial charge in [0, 0.05) is 17.9 Å². The van der Waals surface area contributed by atoms with Crippen LogP contribution < -0.4 is 0 Å². The number of halogens is 1. The zero-order valence-electron chi connectivity index (χ0n) is 7.81. The Labute approximate surface area is 84.9 Å². The van der Waals surface area contributed by atoms with Gasteiger partial charge in [-0.1, -0.05) is 29.5 Å². The third-order valence-corrected chi connectivity index (χ3v) is 1.99. The third kappa shape index (κ3) is 4.01. The monoisotopic (exact) mass is 192 g/mol. The summed E-state index contributed by atoms with van der Waals surface area (Å²) >= 11 is 5.54. The minimum Gasteiger partial charge on any atom is -0.127 e. The molecule has 0 bridgehead atoms. The molecule has 1 aromatic rings. The van der Waals surface area contributed by atoms with Gasteiger partial charge in [-0.2, -0.15) is 0 Å². The smallest absolute Gasteiger partial charge is 0.0245 e. The highest BCUT2D eigenvalue weighted by Crippen LogP contribution is 2.01. The Morgan fingerprint density at radius 2 is 1.92 bits per heavy atom. The first kappa shape index (κ1) is 10.2. The number of rotatable bonds is 2. The van der Waals surface area contributed by atoms with Crippen LogP contribution in [0.15, 0.2) is 24.3 Å². The molecule has 0 aliphatic heterocycles. The van der Waals surface area contributed by atoms with Gasteiger partial charge in [-0.05, 0) is 25.5 Å². The van der Waals surface area contributed by atoms with Crippen LogP contribution in [-0.4, -0.2) is 5.88 Å². The molecule has 0 aromatic heterocycles. The maximum atomic E-state index is 5.54. The molecule has 0 radical (unpaired) electrons. The van der Waals surface area contributed by atoms with E-state index in [2.05, 4.69) is 30.9 Å². The summed E-state index contributed by atoms with van der Waals surface area (Å²) in [6, 6.07) is 8.24. The van der Waals surface area contributed by atoms with Crippen molar-refractivity contribution in [2.75, 3.05) is 5.88 Å². The van der Waals surface area contributed by atoms with Crippen molar-refractivity contribution < 1.29 is 0 Å². The molecule has 0 atom stereocenters. The topological polar surface area (TPSA) is 0 Å². The molecule has 0 nitrogen and oxygen atoms in total. The number of unbranched alkanes of at least 4 members (excludes halogenated alkanes) is 1. The van der Waals surface area contributed by atoms with Crippen molar-refractivity contribution >= 4 is 11.6 Å². The maximum absolute atomic E-state index is 5.54. The van der Waals surface area contributed by atoms with Crippen molar-refractivity contribution in [2.24, 2.45) is 0 Å². The normalized spacial score (nSPS) is 9.08. The standard InChI is InChI=1S/C12H13Cl/c1-11-6-8-12(9-7-11)5-3-2-4-10-13/h6-9H,2,4,10H2,1H3. The number of hydrogen-bond acceptors (Lipinski definition) is 0. The average Bonchev–Trinajstić information content (AvgIpc) is 2.15. The van der Waals surface area contributed by atoms with Crippen LogP contribution in [0.2, 0.25) is 0 Å². The van der Waals surface area contributed by atoms with E-state index in [-0.39, 0.29) is 0 Å². The van der Waals surface area contributed by atoms with Gasteiger partial charge >= 0.3 is 0 Å². The second-order valence-corrected chi connectivity index (χ2v) is 3.34. The summed E-state index contributed by atoms with van der Waals surface area (Å²) in [6.07, 6.45) is 1.86. The Hall–Kier alpha value is -0.930. The van der Waals surface area contributed by atoms with Crippen LogP contribution in [-0.2, 0) is 0 Å². The molecule has 0 amide bonds. The molecule has 1 rings (SSSR count). The van der Waals surface area contributed by atoms with Crippen LogP contribution in [0.1, 0.15) is 24.0 Å². The molecule has 68 valence electrons. The number of alkyl halides is 1. The van der Waals surface area contributed by atoms with E-state index in [4.69, 9.17) is 11.6 Å². The molecule has 0 saturated heterocycles. The van der Waals surface area contributed by atoms with Crippen molar-refractivity contribution in [3.63, 3.8) is 0 Å². The van der Waals surface area contributed by atoms with E-state index >= 15 is 0 Å². The van der Waals surface area contributed by atoms with Crippen molar-refractivity contribution in [3.05, 3.63) is 35.4 Å². The van der Waals surface area contributed by atoms with E-state index in [0.717, 1.165) is 18.4 Å². The zero-order valence-corrected chi connectivity index (χ0v) is 8.56. The molecule has 13 heavy (non-hydrogen) atoms. The van der Waals surface area contributed by atoms with Crippen LogP contribution in [0.25, 0.3) is 0 Å². The van der Waals surface area contributed by atoms with Crippen LogP contribution in [0, 0.1) is 18.8 Å². The Balaban J connectivity index is 2.52. The fraction of sp³-hybridized carbons (Fsp3) is 0.333. The summed E-state index contributed by atoms with van der Waals surface area (Å²) in [5.74, 6) is 6.88. The van der Waals surface area contributed by atoms with Gasteiger partial charge in [0.15, 0.2) is 0 Å². The Morgan fingerprint density at radius 1 is 1.23 bits per heavy atom. The summed E-state index contributed by atoms with van der Waals surface area (Å²) in [5, 5.41) is 0. The summed E-state index contributed by atoms with van der Waals surface area (Å²) in [5.41, 5.74) is 2.35. The van der Waals surface area contributed by atoms with Crippen molar-refractivity contribution in [3.8, 4) is 11.8 Å². The van der Waals surface area contributed by atoms with Crippen LogP contribution in [0.4, 0.5) is 0 Å². The predicted octanol–water partition coefficient (Wildman–Crippen LogP) is 3.37. The quantitative estimate of drug-likeness (QED) is 0.383. The van der Waals surface area contributed by atoms with Gasteiger partial charge in [0.05, 0.1) is 0 Å². The highest BCUT2D eigenvalue weighted by atomic mass is 35.5. The molecular weight excluding hydrogens is 180 g/mol. The lowest BCUT2D eigenvalue weighted by Crippen LogP contribution is -1.76. The number of hydrogen-bond donors (Lipinski definition) is 0. The SMILES string of the molecule is Cc1ccc(C#CCCCCl)cc1. The number of benzene rings is 1. The molecule has 0 heterocycles. The summed E-state index contributed by atoms with van der Waals surface area (Å²) in [6.45, 7) is 2.07. The summed E-state index contributed by atoms with van der Waals surface area (Å²) in [4.78, 5) is 0. The lowest BCUT2D eigenvalue weighted by molar-refractivity contribution is 0.991. The van der Waals surface area contributed by atoms with Gasteiger partial charge < -0.3 is 0 Å². The van der Waals surface area contributed by atoms with Gasteiger partial charge in [-0.15, -0.1) is 11.6 Å². The fourth-order valence-electron chi connectivity index (χ4n) is 0.957. The van der Waals surface area contributed by atoms with Gasteiger partial charge in [0.2, 0.25) is 0 Å². The zero-order chi connectivity index (χ0) is 9.52. The van der Waals surface area contributed by atoms with Crippen LogP contribution in [0.3, 0.4) is 0 Å². The Bertz CT molecular complexity index is 300. The van der Waals surface area contributed by atoms with E-state index in [1.807, 2.05) is 12.1 Å². The van der Waals surface area contributed by atoms with E-state index < -0.39 is 0 Å². The van der Waals surface area contributed by atoms with Crippen LogP contribution >= 0.6 is 11.6 Å². The molecule has 0 aliphatic carbocycles. The highest BCUT2D eigenvalue weighted by Gasteiger charge is 1.85. The van der Waals surface area contributed by atoms with Crippen LogP contribution in [0.5, 0.6) is 0 Å². The minimum atomic E-state index is 0.697. The lowest BCUT2D eigenvalue weighted by atomic mass is 10.1. The average molecular weight is 193 g/mol. The minimum absolute atomic E-state index is 0.697. The van der Waals surface area contributed by atoms with Crippen molar-refractivity contribution in [1.82, 2.24) is 0 Å². The molecule has 0 spiro atoms. The largest absolute Gasteiger partial charge is 0.127 e. The first-order valence-corrected chi connectivity index (χ1v) is 4.98. The lowest BCUT2D eigenvalue weighted by Gasteiger charge is -1.91. The van der Waals surface area contributed by atoms with Gasteiger partial charge in [-0.25, -0.2) is 0 Å². The van der Waals surface area contributed by atoms with E-state index in [1.54, 1.807) is 0 Å². The molecule has 1 heteroatoms. The van der Waals surface area contributed by atoms with E-state index in [0.29, 0.717) is 5.88 Å². The Kier molecular flexibility index (Phi) is 4.43. The highest BCUT2D eigenvalue weighted by molar-refractivity contribution is 6.17. The molecule has 1 aromatic carbocycles. The van der Waals surface area contributed by atoms with Crippen molar-refractivity contribution in [1.29, 1.82) is 0 Å². The molecule has 0 fully saturated rings. The first-order valence-electron chi connectivity index (χ1n) is 4.44. The van der Waals surface area contributed by atoms with E-state index in [1.165, 1.54) is 5.56 Å². The van der Waals surface area contributed by atoms with Gasteiger partial charge in [-0.3, -0.25) is 0 Å². The summed E-state index contributed by atoms with van der Waals surface area (Å²) in [7, 11) is 0. The second kappa shape index (κ2) is 5.67. The van der Waals surface area contributed by atoms with Crippen molar-refractivity contribution in [2.45, 2.75) is 19.8 Å². The Morgan fingerprint density at radius 3 is 2.54 bits per heavy atom. The van der Waals surface area contributed by atoms with E-state index in [9.17, 15) is 0 Å². The second-order valence-electron chi connectivity index (χ2n) is 2.96. The summed E-state index contributed by atoms with van der Waals surface area (Å²) < 4.78 is 0. The van der Waals surface area contributed by atoms with Gasteiger partial charge in [0.25, 0.3) is 0 Å². The fourth-order valence-corrected chi connectivity index (χ4v) is 1.09. The number of aryl methyl sites for hydroxylation is 1. The maximum Gasteiger partial charge on any atom is 0.0245 e. The molecular formula is C12H13Cl. The third-order valence-electron chi connectivity index (χ3n) is 1.72. The first-order chi connectivity index (χ1) is 6.33. The molecule has 0 N–H and O–H groups in total. The molecule has 0 unspecified atom stereocenters. The molecule has 0 aliphatic rings. The van der Waals surface area contributed by atoms with Gasteiger partial charge in [0.1, 0.15) is 0 Å². The predicted molar refractivity (Wildman–Crippen MR) is 58.0 cm³/mol.